The Kier molecular flexibility index (Phi) is 8.67. The van der Waals surface area contributed by atoms with Crippen molar-refractivity contribution in [3.63, 3.8) is 0 Å². The van der Waals surface area contributed by atoms with Crippen molar-refractivity contribution in [3.05, 3.63) is 0 Å². The largest absolute Gasteiger partial charge is 0.480 e. The Morgan fingerprint density at radius 1 is 1.04 bits per heavy atom. The molecule has 5 N–H and O–H groups in total. The number of alkyl carbamates (subject to hydrolysis) is 2. The van der Waals surface area contributed by atoms with Crippen LogP contribution in [0.3, 0.4) is 0 Å². The predicted molar refractivity (Wildman–Crippen MR) is 92.4 cm³/mol. The average molecular weight is 376 g/mol. The van der Waals surface area contributed by atoms with Crippen LogP contribution in [0.2, 0.25) is 0 Å². The van der Waals surface area contributed by atoms with Crippen LogP contribution in [0, 0.1) is 0 Å². The van der Waals surface area contributed by atoms with E-state index in [1.54, 1.807) is 41.5 Å². The number of oxime groups is 1. The number of nitrogens with two attached hydrogens (primary N) is 1. The zero-order chi connectivity index (χ0) is 20.5. The van der Waals surface area contributed by atoms with Gasteiger partial charge in [-0.25, -0.2) is 14.4 Å². The van der Waals surface area contributed by atoms with Gasteiger partial charge < -0.3 is 30.5 Å². The second kappa shape index (κ2) is 9.68. The van der Waals surface area contributed by atoms with Gasteiger partial charge in [-0.1, -0.05) is 0 Å². The highest BCUT2D eigenvalue weighted by atomic mass is 16.6. The number of ether oxygens (including phenoxy) is 2. The molecule has 0 aliphatic heterocycles. The van der Waals surface area contributed by atoms with E-state index in [2.05, 4.69) is 15.8 Å². The van der Waals surface area contributed by atoms with E-state index >= 15 is 0 Å². The lowest BCUT2D eigenvalue weighted by Crippen LogP contribution is -2.44. The van der Waals surface area contributed by atoms with Crippen molar-refractivity contribution in [1.82, 2.24) is 10.6 Å². The second-order valence-corrected chi connectivity index (χ2v) is 7.26. The van der Waals surface area contributed by atoms with Gasteiger partial charge in [0, 0.05) is 6.42 Å². The van der Waals surface area contributed by atoms with E-state index in [1.807, 2.05) is 0 Å². The molecule has 0 rings (SSSR count). The molecular formula is C15H28N4O7. The molecule has 1 unspecified atom stereocenters. The summed E-state index contributed by atoms with van der Waals surface area (Å²) in [5, 5.41) is 16.9. The highest BCUT2D eigenvalue weighted by molar-refractivity contribution is 5.92. The van der Waals surface area contributed by atoms with Gasteiger partial charge in [0.25, 0.3) is 0 Å². The first-order chi connectivity index (χ1) is 11.7. The number of nitrogens with one attached hydrogen (secondary N) is 2. The fourth-order valence-electron chi connectivity index (χ4n) is 1.42. The van der Waals surface area contributed by atoms with Crippen molar-refractivity contribution < 1.29 is 33.8 Å². The number of hydrogen-bond donors (Lipinski definition) is 4. The zero-order valence-corrected chi connectivity index (χ0v) is 15.9. The lowest BCUT2D eigenvalue weighted by molar-refractivity contribution is -0.140. The minimum atomic E-state index is -1.26. The summed E-state index contributed by atoms with van der Waals surface area (Å²) in [4.78, 5) is 39.0. The van der Waals surface area contributed by atoms with Gasteiger partial charge in [0.2, 0.25) is 5.96 Å². The highest BCUT2D eigenvalue weighted by Crippen LogP contribution is 2.07. The third kappa shape index (κ3) is 12.7. The Labute approximate surface area is 152 Å². The number of guanidine groups is 1. The molecule has 0 aromatic heterocycles. The van der Waals surface area contributed by atoms with E-state index < -0.39 is 35.4 Å². The van der Waals surface area contributed by atoms with Crippen LogP contribution in [0.4, 0.5) is 9.59 Å². The molecule has 0 radical (unpaired) electrons. The van der Waals surface area contributed by atoms with E-state index in [1.165, 1.54) is 0 Å². The van der Waals surface area contributed by atoms with Gasteiger partial charge in [-0.05, 0) is 46.7 Å². The van der Waals surface area contributed by atoms with Crippen LogP contribution >= 0.6 is 0 Å². The third-order valence-corrected chi connectivity index (χ3v) is 2.28. The molecule has 0 aromatic carbocycles. The van der Waals surface area contributed by atoms with E-state index in [0.717, 1.165) is 0 Å². The SMILES string of the molecule is CC(C)(C)OC(=O)N/C(N)=N/OCCC(NC(=O)OC(C)(C)C)C(=O)O. The molecule has 0 spiro atoms. The molecule has 0 aromatic rings. The molecule has 0 fully saturated rings. The Morgan fingerprint density at radius 3 is 2.00 bits per heavy atom. The van der Waals surface area contributed by atoms with Crippen molar-refractivity contribution in [1.29, 1.82) is 0 Å². The number of carboxylic acid groups (broad SMARTS) is 1. The molecule has 0 aliphatic rings. The normalized spacial score (nSPS) is 13.4. The maximum Gasteiger partial charge on any atom is 0.414 e. The van der Waals surface area contributed by atoms with Crippen LogP contribution in [0.25, 0.3) is 0 Å². The van der Waals surface area contributed by atoms with Crippen molar-refractivity contribution in [3.8, 4) is 0 Å². The van der Waals surface area contributed by atoms with Gasteiger partial charge in [-0.3, -0.25) is 5.32 Å². The topological polar surface area (TPSA) is 162 Å². The molecule has 0 bridgehead atoms. The Bertz CT molecular complexity index is 535. The second-order valence-electron chi connectivity index (χ2n) is 7.26. The van der Waals surface area contributed by atoms with Gasteiger partial charge in [0.1, 0.15) is 23.9 Å². The maximum atomic E-state index is 11.6. The molecule has 11 heteroatoms. The van der Waals surface area contributed by atoms with Crippen molar-refractivity contribution in [2.24, 2.45) is 10.9 Å². The van der Waals surface area contributed by atoms with Crippen LogP contribution in [-0.2, 0) is 19.1 Å². The zero-order valence-electron chi connectivity index (χ0n) is 15.9. The van der Waals surface area contributed by atoms with E-state index in [9.17, 15) is 14.4 Å². The summed E-state index contributed by atoms with van der Waals surface area (Å²) in [6, 6.07) is -1.24. The summed E-state index contributed by atoms with van der Waals surface area (Å²) < 4.78 is 9.95. The molecule has 0 saturated carbocycles. The van der Waals surface area contributed by atoms with Crippen molar-refractivity contribution in [2.45, 2.75) is 65.2 Å². The molecular weight excluding hydrogens is 348 g/mol. The number of carbonyl (C=O) groups excluding carboxylic acids is 2. The molecule has 0 aliphatic carbocycles. The maximum absolute atomic E-state index is 11.6. The lowest BCUT2D eigenvalue weighted by atomic mass is 10.2. The third-order valence-electron chi connectivity index (χ3n) is 2.28. The van der Waals surface area contributed by atoms with Crippen molar-refractivity contribution in [2.75, 3.05) is 6.61 Å². The van der Waals surface area contributed by atoms with E-state index in [0.29, 0.717) is 0 Å². The quantitative estimate of drug-likeness (QED) is 0.232. The highest BCUT2D eigenvalue weighted by Gasteiger charge is 2.24. The summed E-state index contributed by atoms with van der Waals surface area (Å²) in [7, 11) is 0. The van der Waals surface area contributed by atoms with Crippen LogP contribution in [0.15, 0.2) is 5.16 Å². The smallest absolute Gasteiger partial charge is 0.414 e. The molecule has 0 saturated heterocycles. The van der Waals surface area contributed by atoms with Crippen LogP contribution in [-0.4, -0.2) is 53.1 Å². The number of rotatable bonds is 6. The van der Waals surface area contributed by atoms with Gasteiger partial charge >= 0.3 is 18.2 Å². The number of hydrogen-bond acceptors (Lipinski definition) is 7. The molecule has 0 heterocycles. The summed E-state index contributed by atoms with van der Waals surface area (Å²) in [5.41, 5.74) is 3.97. The summed E-state index contributed by atoms with van der Waals surface area (Å²) in [6.45, 7) is 9.83. The fourth-order valence-corrected chi connectivity index (χ4v) is 1.42. The fraction of sp³-hybridized carbons (Fsp3) is 0.733. The van der Waals surface area contributed by atoms with Crippen molar-refractivity contribution >= 4 is 24.1 Å². The number of amides is 2. The summed E-state index contributed by atoms with van der Waals surface area (Å²) in [5.74, 6) is -1.62. The molecule has 26 heavy (non-hydrogen) atoms. The van der Waals surface area contributed by atoms with E-state index in [-0.39, 0.29) is 19.0 Å². The van der Waals surface area contributed by atoms with Crippen LogP contribution in [0.5, 0.6) is 0 Å². The van der Waals surface area contributed by atoms with Crippen LogP contribution in [0.1, 0.15) is 48.0 Å². The lowest BCUT2D eigenvalue weighted by Gasteiger charge is -2.21. The summed E-state index contributed by atoms with van der Waals surface area (Å²) in [6.07, 6.45) is -1.77. The molecule has 1 atom stereocenters. The molecule has 150 valence electrons. The first-order valence-electron chi connectivity index (χ1n) is 7.87. The summed E-state index contributed by atoms with van der Waals surface area (Å²) >= 11 is 0. The minimum Gasteiger partial charge on any atom is -0.480 e. The molecule has 2 amide bonds. The number of aliphatic carboxylic acids is 1. The Morgan fingerprint density at radius 2 is 1.54 bits per heavy atom. The van der Waals surface area contributed by atoms with Gasteiger partial charge in [-0.2, -0.15) is 0 Å². The Balaban J connectivity index is 4.37. The first kappa shape index (κ1) is 23.3. The Hall–Kier alpha value is -2.72. The number of nitrogens with zero attached hydrogens (tertiary/aromatic N) is 1. The van der Waals surface area contributed by atoms with Gasteiger partial charge in [-0.15, -0.1) is 0 Å². The number of carboxylic acids is 1. The predicted octanol–water partition coefficient (Wildman–Crippen LogP) is 1.13. The van der Waals surface area contributed by atoms with Gasteiger partial charge in [0.15, 0.2) is 0 Å². The standard InChI is InChI=1S/C15H28N4O7/c1-14(2,3)25-12(22)17-9(10(20)21)7-8-24-19-11(16)18-13(23)26-15(4,5)6/h9H,7-8H2,1-6H3,(H,17,22)(H,20,21)(H3,16,18,19,23). The van der Waals surface area contributed by atoms with Crippen LogP contribution < -0.4 is 16.4 Å². The molecule has 11 nitrogen and oxygen atoms in total. The monoisotopic (exact) mass is 376 g/mol. The van der Waals surface area contributed by atoms with Gasteiger partial charge in [0.05, 0.1) is 0 Å². The minimum absolute atomic E-state index is 0.0994. The number of carbonyl (C=O) groups is 3. The average Bonchev–Trinajstić information content (AvgIpc) is 2.37. The first-order valence-corrected chi connectivity index (χ1v) is 7.87. The van der Waals surface area contributed by atoms with E-state index in [4.69, 9.17) is 25.2 Å².